The number of Topliss-reactive ketones (excluding diaryl/α,β-unsaturated/α-hetero) is 1. The highest BCUT2D eigenvalue weighted by atomic mass is 32.2. The average molecular weight is 469 g/mol. The highest BCUT2D eigenvalue weighted by molar-refractivity contribution is 8.02. The minimum atomic E-state index is -0.929. The Kier molecular flexibility index (Phi) is 6.30. The summed E-state index contributed by atoms with van der Waals surface area (Å²) in [6.45, 7) is 0. The van der Waals surface area contributed by atoms with Crippen LogP contribution in [0.5, 0.6) is 5.75 Å². The number of benzene rings is 2. The summed E-state index contributed by atoms with van der Waals surface area (Å²) >= 11 is 2.15. The van der Waals surface area contributed by atoms with Crippen molar-refractivity contribution in [1.29, 1.82) is 0 Å². The first-order valence-corrected chi connectivity index (χ1v) is 10.9. The van der Waals surface area contributed by atoms with Gasteiger partial charge in [0.05, 0.1) is 7.11 Å². The van der Waals surface area contributed by atoms with Crippen molar-refractivity contribution in [3.8, 4) is 5.75 Å². The number of hydrogen-bond donors (Lipinski definition) is 2. The van der Waals surface area contributed by atoms with Crippen molar-refractivity contribution in [2.45, 2.75) is 9.71 Å². The molecule has 4 aromatic rings. The van der Waals surface area contributed by atoms with E-state index in [1.807, 2.05) is 0 Å². The number of aromatic nitrogens is 2. The molecular formula is C21H16N4O5S2. The van der Waals surface area contributed by atoms with E-state index in [1.165, 1.54) is 6.07 Å². The number of nitrogens with two attached hydrogens (primary N) is 1. The number of nitrogens with zero attached hydrogens (tertiary/aromatic N) is 2. The van der Waals surface area contributed by atoms with Crippen LogP contribution in [0.25, 0.3) is 11.0 Å². The van der Waals surface area contributed by atoms with E-state index in [0.717, 1.165) is 23.1 Å². The first-order valence-electron chi connectivity index (χ1n) is 9.22. The molecule has 0 saturated carbocycles. The number of rotatable bonds is 7. The number of methoxy groups -OCH3 is 1. The number of fused-ring (bicyclic) bond motifs is 1. The number of amides is 1. The second-order valence-electron chi connectivity index (χ2n) is 6.47. The average Bonchev–Trinajstić information content (AvgIpc) is 3.24. The molecule has 2 aromatic carbocycles. The van der Waals surface area contributed by atoms with Gasteiger partial charge in [-0.1, -0.05) is 23.1 Å². The third kappa shape index (κ3) is 4.85. The van der Waals surface area contributed by atoms with Crippen molar-refractivity contribution < 1.29 is 18.7 Å². The maximum atomic E-state index is 12.7. The zero-order valence-corrected chi connectivity index (χ0v) is 18.2. The number of carbonyl (C=O) groups excluding carboxylic acids is 2. The van der Waals surface area contributed by atoms with Gasteiger partial charge in [-0.3, -0.25) is 14.9 Å². The minimum Gasteiger partial charge on any atom is -0.497 e. The molecule has 162 valence electrons. The fraction of sp³-hybridized carbons (Fsp3) is 0.0952. The van der Waals surface area contributed by atoms with Crippen LogP contribution in [-0.4, -0.2) is 34.4 Å². The molecule has 0 radical (unpaired) electrons. The summed E-state index contributed by atoms with van der Waals surface area (Å²) in [7, 11) is 1.55. The third-order valence-corrected chi connectivity index (χ3v) is 6.29. The molecule has 11 heteroatoms. The Morgan fingerprint density at radius 1 is 1.09 bits per heavy atom. The van der Waals surface area contributed by atoms with E-state index >= 15 is 0 Å². The van der Waals surface area contributed by atoms with Crippen LogP contribution in [0.1, 0.15) is 20.7 Å². The zero-order valence-electron chi connectivity index (χ0n) is 16.6. The summed E-state index contributed by atoms with van der Waals surface area (Å²) in [6.07, 6.45) is 0. The molecule has 0 fully saturated rings. The maximum absolute atomic E-state index is 12.7. The van der Waals surface area contributed by atoms with Crippen LogP contribution in [0.3, 0.4) is 0 Å². The number of hydrogen-bond acceptors (Lipinski definition) is 10. The van der Waals surface area contributed by atoms with Crippen molar-refractivity contribution in [1.82, 2.24) is 10.2 Å². The van der Waals surface area contributed by atoms with Crippen LogP contribution in [0.15, 0.2) is 68.1 Å². The number of thioether (sulfide) groups is 1. The second kappa shape index (κ2) is 9.30. The maximum Gasteiger partial charge on any atom is 0.336 e. The first-order chi connectivity index (χ1) is 15.4. The van der Waals surface area contributed by atoms with E-state index in [1.54, 1.807) is 55.6 Å². The monoisotopic (exact) mass is 468 g/mol. The van der Waals surface area contributed by atoms with Gasteiger partial charge < -0.3 is 14.9 Å². The van der Waals surface area contributed by atoms with Gasteiger partial charge >= 0.3 is 5.63 Å². The smallest absolute Gasteiger partial charge is 0.336 e. The number of nitrogens with one attached hydrogen (secondary N) is 1. The van der Waals surface area contributed by atoms with E-state index in [0.29, 0.717) is 32.2 Å². The van der Waals surface area contributed by atoms with Crippen LogP contribution >= 0.6 is 23.1 Å². The topological polar surface area (TPSA) is 137 Å². The Hall–Kier alpha value is -3.54. The predicted molar refractivity (Wildman–Crippen MR) is 122 cm³/mol. The number of carbonyl (C=O) groups is 2. The number of ketones is 1. The lowest BCUT2D eigenvalue weighted by Crippen LogP contribution is -2.26. The van der Waals surface area contributed by atoms with Crippen molar-refractivity contribution in [3.05, 3.63) is 76.1 Å². The van der Waals surface area contributed by atoms with Gasteiger partial charge in [-0.25, -0.2) is 4.79 Å². The van der Waals surface area contributed by atoms with Crippen molar-refractivity contribution in [2.75, 3.05) is 12.4 Å². The summed E-state index contributed by atoms with van der Waals surface area (Å²) in [4.78, 5) is 36.3. The van der Waals surface area contributed by atoms with Crippen molar-refractivity contribution >= 4 is 50.9 Å². The van der Waals surface area contributed by atoms with Gasteiger partial charge in [0.25, 0.3) is 5.91 Å². The van der Waals surface area contributed by atoms with Gasteiger partial charge in [0.15, 0.2) is 10.1 Å². The molecule has 1 atom stereocenters. The fourth-order valence-electron chi connectivity index (χ4n) is 2.77. The lowest BCUT2D eigenvalue weighted by molar-refractivity contribution is 0.0989. The molecule has 1 unspecified atom stereocenters. The van der Waals surface area contributed by atoms with Gasteiger partial charge in [-0.2, -0.15) is 0 Å². The molecule has 2 heterocycles. The third-order valence-electron chi connectivity index (χ3n) is 4.37. The lowest BCUT2D eigenvalue weighted by Gasteiger charge is -2.08. The van der Waals surface area contributed by atoms with Crippen LogP contribution in [0, 0.1) is 0 Å². The molecule has 9 nitrogen and oxygen atoms in total. The Labute approximate surface area is 189 Å². The van der Waals surface area contributed by atoms with E-state index in [-0.39, 0.29) is 16.8 Å². The lowest BCUT2D eigenvalue weighted by atomic mass is 10.1. The molecule has 3 N–H and O–H groups in total. The molecule has 0 aliphatic rings. The summed E-state index contributed by atoms with van der Waals surface area (Å²) < 4.78 is 10.6. The van der Waals surface area contributed by atoms with Gasteiger partial charge in [0.1, 0.15) is 16.7 Å². The first kappa shape index (κ1) is 21.7. The van der Waals surface area contributed by atoms with Crippen molar-refractivity contribution in [3.63, 3.8) is 0 Å². The Balaban J connectivity index is 1.41. The summed E-state index contributed by atoms with van der Waals surface area (Å²) in [5.74, 6) is -0.0172. The molecule has 32 heavy (non-hydrogen) atoms. The fourth-order valence-corrected chi connectivity index (χ4v) is 4.53. The molecule has 0 bridgehead atoms. The van der Waals surface area contributed by atoms with E-state index in [4.69, 9.17) is 14.9 Å². The quantitative estimate of drug-likeness (QED) is 0.138. The number of ether oxygens (including phenoxy) is 1. The molecule has 4 rings (SSSR count). The van der Waals surface area contributed by atoms with Gasteiger partial charge in [0, 0.05) is 22.6 Å². The van der Waals surface area contributed by atoms with Gasteiger partial charge in [0.2, 0.25) is 5.13 Å². The highest BCUT2D eigenvalue weighted by Gasteiger charge is 2.20. The molecule has 0 saturated heterocycles. The molecular weight excluding hydrogens is 452 g/mol. The van der Waals surface area contributed by atoms with Crippen LogP contribution in [-0.2, 0) is 0 Å². The molecule has 0 spiro atoms. The standard InChI is InChI=1S/C21H16N4O5S2/c1-29-14-6-2-11(3-7-14)19(28)23-20-24-25-21(32-20)31-18(22)17(27)13-4-8-15-12(10-13)5-9-16(26)30-15/h2-10,18H,22H2,1H3,(H,23,24,28). The zero-order chi connectivity index (χ0) is 22.7. The minimum absolute atomic E-state index is 0.286. The van der Waals surface area contributed by atoms with Crippen LogP contribution in [0.2, 0.25) is 0 Å². The number of anilines is 1. The van der Waals surface area contributed by atoms with Gasteiger partial charge in [-0.05, 0) is 48.5 Å². The normalized spacial score (nSPS) is 11.8. The summed E-state index contributed by atoms with van der Waals surface area (Å²) in [5, 5.41) is 10.6. The van der Waals surface area contributed by atoms with E-state index in [9.17, 15) is 14.4 Å². The molecule has 2 aromatic heterocycles. The van der Waals surface area contributed by atoms with E-state index < -0.39 is 11.0 Å². The van der Waals surface area contributed by atoms with Gasteiger partial charge in [-0.15, -0.1) is 10.2 Å². The molecule has 1 amide bonds. The Morgan fingerprint density at radius 3 is 2.59 bits per heavy atom. The van der Waals surface area contributed by atoms with Crippen LogP contribution in [0.4, 0.5) is 5.13 Å². The van der Waals surface area contributed by atoms with Crippen molar-refractivity contribution in [2.24, 2.45) is 5.73 Å². The Bertz CT molecular complexity index is 1350. The molecule has 0 aliphatic carbocycles. The SMILES string of the molecule is COc1ccc(C(=O)Nc2nnc(SC(N)C(=O)c3ccc4oc(=O)ccc4c3)s2)cc1. The summed E-state index contributed by atoms with van der Waals surface area (Å²) in [6, 6.07) is 14.2. The summed E-state index contributed by atoms with van der Waals surface area (Å²) in [5.41, 5.74) is 6.80. The molecule has 0 aliphatic heterocycles. The second-order valence-corrected chi connectivity index (χ2v) is 8.83. The predicted octanol–water partition coefficient (Wildman–Crippen LogP) is 3.17. The van der Waals surface area contributed by atoms with E-state index in [2.05, 4.69) is 15.5 Å². The largest absolute Gasteiger partial charge is 0.497 e. The highest BCUT2D eigenvalue weighted by Crippen LogP contribution is 2.29. The van der Waals surface area contributed by atoms with Crippen LogP contribution < -0.4 is 21.4 Å². The Morgan fingerprint density at radius 2 is 1.84 bits per heavy atom.